The van der Waals surface area contributed by atoms with E-state index in [0.29, 0.717) is 0 Å². The zero-order valence-electron chi connectivity index (χ0n) is 38.1. The van der Waals surface area contributed by atoms with E-state index < -0.39 is 0 Å². The van der Waals surface area contributed by atoms with E-state index in [9.17, 15) is 0 Å². The van der Waals surface area contributed by atoms with Gasteiger partial charge in [0.1, 0.15) is 0 Å². The molecule has 1 nitrogen and oxygen atoms in total. The molecule has 0 aliphatic heterocycles. The summed E-state index contributed by atoms with van der Waals surface area (Å²) in [5.74, 6) is 0.271. The van der Waals surface area contributed by atoms with Crippen molar-refractivity contribution in [3.8, 4) is 66.8 Å². The Kier molecular flexibility index (Phi) is 10.1. The average Bonchev–Trinajstić information content (AvgIpc) is 3.44. The molecule has 11 aromatic carbocycles. The zero-order valence-corrected chi connectivity index (χ0v) is 38.1. The second-order valence-corrected chi connectivity index (χ2v) is 18.3. The molecule has 2 bridgehead atoms. The van der Waals surface area contributed by atoms with Crippen LogP contribution in [0.1, 0.15) is 45.2 Å². The molecule has 0 atom stereocenters. The number of nitrogens with zero attached hydrogens (tertiary/aromatic N) is 1. The Morgan fingerprint density at radius 2 is 0.464 bits per heavy atom. The Morgan fingerprint density at radius 3 is 0.884 bits per heavy atom. The Bertz CT molecular complexity index is 3480. The zero-order chi connectivity index (χ0) is 45.7. The van der Waals surface area contributed by atoms with Gasteiger partial charge in [-0.15, -0.1) is 0 Å². The van der Waals surface area contributed by atoms with Gasteiger partial charge < -0.3 is 4.90 Å². The summed E-state index contributed by atoms with van der Waals surface area (Å²) < 4.78 is 0. The van der Waals surface area contributed by atoms with Crippen LogP contribution in [0.15, 0.2) is 273 Å². The first-order valence-corrected chi connectivity index (χ1v) is 24.1. The molecule has 0 radical (unpaired) electrons. The standard InChI is InChI=1S/C68H47N/c1-4-16-46(17-5-1)49-32-38-54(39-33-49)69(55-40-34-50(35-41-55)47-18-6-2-7-19-47)56-42-36-51(37-43-56)48-28-30-53(31-29-48)58-44-45-64(59-23-11-10-22-57(59)52-20-8-3-9-21-52)68-66-62-26-14-12-24-60(62)65(67(58)68)61-25-13-15-27-63(61)66/h1-45,65-66H. The van der Waals surface area contributed by atoms with E-state index in [-0.39, 0.29) is 11.8 Å². The molecule has 0 heterocycles. The molecular weight excluding hydrogens is 831 g/mol. The molecule has 11 aromatic rings. The topological polar surface area (TPSA) is 3.24 Å². The van der Waals surface area contributed by atoms with Crippen molar-refractivity contribution in [2.45, 2.75) is 11.8 Å². The fraction of sp³-hybridized carbons (Fsp3) is 0.0294. The van der Waals surface area contributed by atoms with Gasteiger partial charge >= 0.3 is 0 Å². The molecule has 0 unspecified atom stereocenters. The fourth-order valence-electron chi connectivity index (χ4n) is 11.3. The van der Waals surface area contributed by atoms with Crippen LogP contribution in [0, 0.1) is 0 Å². The third-order valence-corrected chi connectivity index (χ3v) is 14.5. The molecule has 3 aliphatic rings. The van der Waals surface area contributed by atoms with Gasteiger partial charge in [0.15, 0.2) is 0 Å². The third kappa shape index (κ3) is 7.10. The number of rotatable bonds is 9. The number of hydrogen-bond acceptors (Lipinski definition) is 1. The van der Waals surface area contributed by atoms with Crippen molar-refractivity contribution >= 4 is 17.1 Å². The summed E-state index contributed by atoms with van der Waals surface area (Å²) in [6, 6.07) is 100. The molecule has 1 heteroatoms. The molecule has 69 heavy (non-hydrogen) atoms. The third-order valence-electron chi connectivity index (χ3n) is 14.5. The normalized spacial score (nSPS) is 14.1. The molecule has 14 rings (SSSR count). The summed E-state index contributed by atoms with van der Waals surface area (Å²) in [6.07, 6.45) is 0. The van der Waals surface area contributed by atoms with E-state index in [2.05, 4.69) is 278 Å². The number of benzene rings is 11. The Hall–Kier alpha value is -8.78. The van der Waals surface area contributed by atoms with Crippen LogP contribution in [-0.4, -0.2) is 0 Å². The van der Waals surface area contributed by atoms with Crippen LogP contribution in [0.2, 0.25) is 0 Å². The van der Waals surface area contributed by atoms with Crippen LogP contribution < -0.4 is 4.90 Å². The SMILES string of the molecule is c1ccc(-c2ccc(N(c3ccc(-c4ccccc4)cc3)c3ccc(-c4ccc(-c5ccc(-c6ccccc6-c6ccccc6)c6c5C5c7ccccc7C6c6ccccc65)cc4)cc3)cc2)cc1. The highest BCUT2D eigenvalue weighted by molar-refractivity contribution is 5.91. The van der Waals surface area contributed by atoms with Crippen LogP contribution in [0.4, 0.5) is 17.1 Å². The minimum Gasteiger partial charge on any atom is -0.311 e. The van der Waals surface area contributed by atoms with Crippen molar-refractivity contribution in [3.05, 3.63) is 306 Å². The predicted molar refractivity (Wildman–Crippen MR) is 289 cm³/mol. The van der Waals surface area contributed by atoms with Gasteiger partial charge in [0.05, 0.1) is 0 Å². The number of hydrogen-bond donors (Lipinski definition) is 0. The van der Waals surface area contributed by atoms with Gasteiger partial charge in [-0.2, -0.15) is 0 Å². The molecule has 0 amide bonds. The van der Waals surface area contributed by atoms with E-state index in [1.165, 1.54) is 100 Å². The lowest BCUT2D eigenvalue weighted by molar-refractivity contribution is 0.758. The summed E-state index contributed by atoms with van der Waals surface area (Å²) in [4.78, 5) is 2.35. The summed E-state index contributed by atoms with van der Waals surface area (Å²) in [6.45, 7) is 0. The van der Waals surface area contributed by atoms with Crippen molar-refractivity contribution in [2.75, 3.05) is 4.90 Å². The maximum atomic E-state index is 2.41. The molecule has 324 valence electrons. The Balaban J connectivity index is 0.879. The lowest BCUT2D eigenvalue weighted by Gasteiger charge is -2.44. The molecule has 0 saturated heterocycles. The molecule has 3 aliphatic carbocycles. The lowest BCUT2D eigenvalue weighted by atomic mass is 9.58. The van der Waals surface area contributed by atoms with Crippen molar-refractivity contribution in [3.63, 3.8) is 0 Å². The van der Waals surface area contributed by atoms with Gasteiger partial charge in [0.2, 0.25) is 0 Å². The van der Waals surface area contributed by atoms with Gasteiger partial charge in [0.25, 0.3) is 0 Å². The molecule has 0 N–H and O–H groups in total. The predicted octanol–water partition coefficient (Wildman–Crippen LogP) is 18.1. The van der Waals surface area contributed by atoms with Crippen LogP contribution >= 0.6 is 0 Å². The van der Waals surface area contributed by atoms with Crippen molar-refractivity contribution in [1.82, 2.24) is 0 Å². The van der Waals surface area contributed by atoms with E-state index in [1.807, 2.05) is 0 Å². The van der Waals surface area contributed by atoms with Crippen molar-refractivity contribution < 1.29 is 0 Å². The monoisotopic (exact) mass is 877 g/mol. The van der Waals surface area contributed by atoms with Gasteiger partial charge in [-0.1, -0.05) is 237 Å². The quantitative estimate of drug-likeness (QED) is 0.140. The second kappa shape index (κ2) is 17.1. The molecule has 0 aromatic heterocycles. The van der Waals surface area contributed by atoms with Gasteiger partial charge in [0, 0.05) is 28.9 Å². The average molecular weight is 878 g/mol. The highest BCUT2D eigenvalue weighted by Crippen LogP contribution is 2.60. The molecule has 0 spiro atoms. The highest BCUT2D eigenvalue weighted by Gasteiger charge is 2.44. The van der Waals surface area contributed by atoms with E-state index >= 15 is 0 Å². The van der Waals surface area contributed by atoms with Crippen LogP contribution in [-0.2, 0) is 0 Å². The summed E-state index contributed by atoms with van der Waals surface area (Å²) in [5, 5.41) is 0. The second-order valence-electron chi connectivity index (χ2n) is 18.3. The molecule has 0 saturated carbocycles. The van der Waals surface area contributed by atoms with Crippen LogP contribution in [0.25, 0.3) is 66.8 Å². The van der Waals surface area contributed by atoms with E-state index in [4.69, 9.17) is 0 Å². The highest BCUT2D eigenvalue weighted by atomic mass is 15.1. The summed E-state index contributed by atoms with van der Waals surface area (Å²) in [7, 11) is 0. The fourth-order valence-corrected chi connectivity index (χ4v) is 11.3. The Morgan fingerprint density at radius 1 is 0.188 bits per heavy atom. The first kappa shape index (κ1) is 40.5. The maximum Gasteiger partial charge on any atom is 0.0462 e. The van der Waals surface area contributed by atoms with Crippen molar-refractivity contribution in [2.24, 2.45) is 0 Å². The van der Waals surface area contributed by atoms with Gasteiger partial charge in [-0.05, 0) is 137 Å². The van der Waals surface area contributed by atoms with E-state index in [1.54, 1.807) is 0 Å². The van der Waals surface area contributed by atoms with E-state index in [0.717, 1.165) is 17.1 Å². The smallest absolute Gasteiger partial charge is 0.0462 e. The minimum atomic E-state index is 0.135. The first-order valence-electron chi connectivity index (χ1n) is 24.1. The first-order chi connectivity index (χ1) is 34.2. The lowest BCUT2D eigenvalue weighted by Crippen LogP contribution is -2.28. The van der Waals surface area contributed by atoms with Gasteiger partial charge in [-0.3, -0.25) is 0 Å². The maximum absolute atomic E-state index is 2.41. The van der Waals surface area contributed by atoms with Crippen LogP contribution in [0.5, 0.6) is 0 Å². The molecule has 0 fully saturated rings. The summed E-state index contributed by atoms with van der Waals surface area (Å²) >= 11 is 0. The largest absolute Gasteiger partial charge is 0.311 e. The molecular formula is C68H47N. The number of anilines is 3. The van der Waals surface area contributed by atoms with Crippen LogP contribution in [0.3, 0.4) is 0 Å². The Labute approximate surface area is 404 Å². The van der Waals surface area contributed by atoms with Gasteiger partial charge in [-0.25, -0.2) is 0 Å². The van der Waals surface area contributed by atoms with Crippen molar-refractivity contribution in [1.29, 1.82) is 0 Å². The minimum absolute atomic E-state index is 0.135. The summed E-state index contributed by atoms with van der Waals surface area (Å²) in [5.41, 5.74) is 26.7.